The maximum absolute atomic E-state index is 13.8. The van der Waals surface area contributed by atoms with Crippen LogP contribution in [0.2, 0.25) is 0 Å². The number of piperidine rings is 1. The van der Waals surface area contributed by atoms with Gasteiger partial charge in [-0.25, -0.2) is 4.68 Å². The molecule has 156 valence electrons. The van der Waals surface area contributed by atoms with E-state index in [-0.39, 0.29) is 35.9 Å². The van der Waals surface area contributed by atoms with Crippen LogP contribution in [0, 0.1) is 0 Å². The van der Waals surface area contributed by atoms with E-state index in [1.54, 1.807) is 29.2 Å². The van der Waals surface area contributed by atoms with E-state index in [1.165, 1.54) is 6.07 Å². The molecular weight excluding hydrogens is 381 g/mol. The Morgan fingerprint density at radius 1 is 1.14 bits per heavy atom. The molecule has 1 fully saturated rings. The van der Waals surface area contributed by atoms with E-state index in [4.69, 9.17) is 0 Å². The van der Waals surface area contributed by atoms with Crippen LogP contribution in [0.3, 0.4) is 0 Å². The number of benzene rings is 1. The Hall–Kier alpha value is -2.51. The summed E-state index contributed by atoms with van der Waals surface area (Å²) in [4.78, 5) is 14.8. The molecule has 1 aromatic carbocycles. The molecule has 1 saturated heterocycles. The summed E-state index contributed by atoms with van der Waals surface area (Å²) in [5.74, 6) is -0.0707. The molecule has 29 heavy (non-hydrogen) atoms. The van der Waals surface area contributed by atoms with Gasteiger partial charge in [0.25, 0.3) is 5.91 Å². The molecule has 5 nitrogen and oxygen atoms in total. The van der Waals surface area contributed by atoms with E-state index in [0.29, 0.717) is 0 Å². The number of rotatable bonds is 2. The third kappa shape index (κ3) is 3.72. The topological polar surface area (TPSA) is 50.2 Å². The van der Waals surface area contributed by atoms with Crippen LogP contribution in [0.5, 0.6) is 0 Å². The zero-order chi connectivity index (χ0) is 20.8. The summed E-state index contributed by atoms with van der Waals surface area (Å²) >= 11 is 0. The van der Waals surface area contributed by atoms with Gasteiger partial charge in [-0.1, -0.05) is 30.3 Å². The average molecular weight is 406 g/mol. The van der Waals surface area contributed by atoms with Crippen LogP contribution in [-0.2, 0) is 0 Å². The normalized spacial score (nSPS) is 27.3. The monoisotopic (exact) mass is 406 g/mol. The molecule has 4 rings (SSSR count). The SMILES string of the molecule is C[C@H]1CCC[C@H](C)N1C(=O)c1cc2n(n1)[C@@H](C(F)(F)F)C[C@@H](c1ccccc1)N2. The Morgan fingerprint density at radius 3 is 2.41 bits per heavy atom. The molecule has 4 atom stereocenters. The van der Waals surface area contributed by atoms with Gasteiger partial charge in [-0.15, -0.1) is 0 Å². The summed E-state index contributed by atoms with van der Waals surface area (Å²) in [6.45, 7) is 3.96. The third-order valence-corrected chi connectivity index (χ3v) is 6.04. The second-order valence-electron chi connectivity index (χ2n) is 8.10. The second-order valence-corrected chi connectivity index (χ2v) is 8.10. The Morgan fingerprint density at radius 2 is 1.79 bits per heavy atom. The number of amides is 1. The van der Waals surface area contributed by atoms with E-state index in [0.717, 1.165) is 29.5 Å². The largest absolute Gasteiger partial charge is 0.410 e. The highest BCUT2D eigenvalue weighted by Gasteiger charge is 2.47. The van der Waals surface area contributed by atoms with Crippen molar-refractivity contribution >= 4 is 11.7 Å². The molecule has 0 radical (unpaired) electrons. The van der Waals surface area contributed by atoms with Gasteiger partial charge in [-0.2, -0.15) is 18.3 Å². The van der Waals surface area contributed by atoms with E-state index in [1.807, 2.05) is 19.9 Å². The van der Waals surface area contributed by atoms with Gasteiger partial charge < -0.3 is 10.2 Å². The lowest BCUT2D eigenvalue weighted by atomic mass is 9.97. The Balaban J connectivity index is 1.68. The molecule has 2 aliphatic heterocycles. The number of nitrogens with one attached hydrogen (secondary N) is 1. The number of alkyl halides is 3. The molecular formula is C21H25F3N4O. The lowest BCUT2D eigenvalue weighted by Crippen LogP contribution is -2.47. The molecule has 0 unspecified atom stereocenters. The maximum Gasteiger partial charge on any atom is 0.410 e. The number of anilines is 1. The molecule has 1 aromatic heterocycles. The van der Waals surface area contributed by atoms with E-state index in [9.17, 15) is 18.0 Å². The standard InChI is InChI=1S/C21H25F3N4O/c1-13-7-6-8-14(2)27(13)20(29)17-12-19-25-16(15-9-4-3-5-10-15)11-18(21(22,23)24)28(19)26-17/h3-5,9-10,12-14,16,18,25H,6-8,11H2,1-2H3/t13-,14-,16-,18+/m0/s1. The van der Waals surface area contributed by atoms with Gasteiger partial charge in [0.15, 0.2) is 11.7 Å². The van der Waals surface area contributed by atoms with Crippen LogP contribution in [0.25, 0.3) is 0 Å². The third-order valence-electron chi connectivity index (χ3n) is 6.04. The molecule has 3 heterocycles. The molecule has 0 spiro atoms. The summed E-state index contributed by atoms with van der Waals surface area (Å²) in [6.07, 6.45) is -1.80. The molecule has 2 aromatic rings. The van der Waals surface area contributed by atoms with Crippen LogP contribution >= 0.6 is 0 Å². The van der Waals surface area contributed by atoms with Gasteiger partial charge in [0, 0.05) is 24.6 Å². The van der Waals surface area contributed by atoms with Crippen molar-refractivity contribution in [3.8, 4) is 0 Å². The minimum Gasteiger partial charge on any atom is -0.363 e. The van der Waals surface area contributed by atoms with E-state index < -0.39 is 18.3 Å². The fourth-order valence-electron chi connectivity index (χ4n) is 4.54. The first-order chi connectivity index (χ1) is 13.8. The zero-order valence-electron chi connectivity index (χ0n) is 16.5. The van der Waals surface area contributed by atoms with E-state index >= 15 is 0 Å². The van der Waals surface area contributed by atoms with Crippen molar-refractivity contribution in [2.75, 3.05) is 5.32 Å². The Bertz CT molecular complexity index is 870. The van der Waals surface area contributed by atoms with Gasteiger partial charge >= 0.3 is 6.18 Å². The van der Waals surface area contributed by atoms with Crippen molar-refractivity contribution in [3.63, 3.8) is 0 Å². The molecule has 8 heteroatoms. The van der Waals surface area contributed by atoms with Crippen LogP contribution in [0.15, 0.2) is 36.4 Å². The minimum atomic E-state index is -4.46. The fraction of sp³-hybridized carbons (Fsp3) is 0.524. The zero-order valence-corrected chi connectivity index (χ0v) is 16.5. The van der Waals surface area contributed by atoms with Crippen molar-refractivity contribution in [2.45, 2.75) is 69.9 Å². The van der Waals surface area contributed by atoms with E-state index in [2.05, 4.69) is 10.4 Å². The van der Waals surface area contributed by atoms with Crippen LogP contribution < -0.4 is 5.32 Å². The second kappa shape index (κ2) is 7.39. The number of fused-ring (bicyclic) bond motifs is 1. The summed E-state index contributed by atoms with van der Waals surface area (Å²) in [7, 11) is 0. The number of carbonyl (C=O) groups excluding carboxylic acids is 1. The first-order valence-corrected chi connectivity index (χ1v) is 10.1. The highest BCUT2D eigenvalue weighted by molar-refractivity contribution is 5.93. The summed E-state index contributed by atoms with van der Waals surface area (Å²) in [6, 6.07) is 8.34. The number of likely N-dealkylation sites (tertiary alicyclic amines) is 1. The number of hydrogen-bond acceptors (Lipinski definition) is 3. The Labute approximate surface area is 167 Å². The van der Waals surface area contributed by atoms with Crippen molar-refractivity contribution < 1.29 is 18.0 Å². The average Bonchev–Trinajstić information content (AvgIpc) is 3.11. The number of nitrogens with zero attached hydrogens (tertiary/aromatic N) is 3. The maximum atomic E-state index is 13.8. The first kappa shape index (κ1) is 19.8. The van der Waals surface area contributed by atoms with Gasteiger partial charge in [0.05, 0.1) is 6.04 Å². The molecule has 0 bridgehead atoms. The van der Waals surface area contributed by atoms with Gasteiger partial charge in [0.1, 0.15) is 5.82 Å². The quantitative estimate of drug-likeness (QED) is 0.768. The first-order valence-electron chi connectivity index (χ1n) is 10.1. The van der Waals surface area contributed by atoms with Crippen molar-refractivity contribution in [3.05, 3.63) is 47.7 Å². The minimum absolute atomic E-state index is 0.0495. The van der Waals surface area contributed by atoms with Crippen LogP contribution in [-0.4, -0.2) is 38.8 Å². The number of hydrogen-bond donors (Lipinski definition) is 1. The molecule has 2 aliphatic rings. The molecule has 0 saturated carbocycles. The van der Waals surface area contributed by atoms with Crippen molar-refractivity contribution in [1.82, 2.24) is 14.7 Å². The highest BCUT2D eigenvalue weighted by atomic mass is 19.4. The smallest absolute Gasteiger partial charge is 0.363 e. The predicted molar refractivity (Wildman–Crippen MR) is 104 cm³/mol. The predicted octanol–water partition coefficient (Wildman–Crippen LogP) is 4.95. The van der Waals surface area contributed by atoms with Crippen molar-refractivity contribution in [2.24, 2.45) is 0 Å². The lowest BCUT2D eigenvalue weighted by molar-refractivity contribution is -0.173. The van der Waals surface area contributed by atoms with Gasteiger partial charge in [-0.05, 0) is 38.7 Å². The molecule has 1 amide bonds. The number of carbonyl (C=O) groups is 1. The van der Waals surface area contributed by atoms with Crippen LogP contribution in [0.1, 0.15) is 67.7 Å². The fourth-order valence-corrected chi connectivity index (χ4v) is 4.54. The lowest BCUT2D eigenvalue weighted by Gasteiger charge is -2.38. The van der Waals surface area contributed by atoms with Gasteiger partial charge in [-0.3, -0.25) is 4.79 Å². The number of halogens is 3. The number of aromatic nitrogens is 2. The van der Waals surface area contributed by atoms with Gasteiger partial charge in [0.2, 0.25) is 0 Å². The van der Waals surface area contributed by atoms with Crippen molar-refractivity contribution in [1.29, 1.82) is 0 Å². The summed E-state index contributed by atoms with van der Waals surface area (Å²) in [5.41, 5.74) is 0.844. The highest BCUT2D eigenvalue weighted by Crippen LogP contribution is 2.43. The molecule has 1 N–H and O–H groups in total. The van der Waals surface area contributed by atoms with Crippen LogP contribution in [0.4, 0.5) is 19.0 Å². The summed E-state index contributed by atoms with van der Waals surface area (Å²) in [5, 5.41) is 7.26. The Kier molecular flexibility index (Phi) is 5.04. The summed E-state index contributed by atoms with van der Waals surface area (Å²) < 4.78 is 42.4. The molecule has 0 aliphatic carbocycles.